The van der Waals surface area contributed by atoms with Crippen molar-refractivity contribution in [3.8, 4) is 0 Å². The average Bonchev–Trinajstić information content (AvgIpc) is 2.97. The van der Waals surface area contributed by atoms with Gasteiger partial charge in [-0.05, 0) is 12.1 Å². The Morgan fingerprint density at radius 1 is 1.36 bits per heavy atom. The van der Waals surface area contributed by atoms with Crippen molar-refractivity contribution in [3.05, 3.63) is 18.3 Å². The minimum atomic E-state index is -0.392. The summed E-state index contributed by atoms with van der Waals surface area (Å²) in [7, 11) is 1.34. The summed E-state index contributed by atoms with van der Waals surface area (Å²) in [5, 5.41) is 0. The summed E-state index contributed by atoms with van der Waals surface area (Å²) in [6, 6.07) is 3.77. The van der Waals surface area contributed by atoms with E-state index in [1.165, 1.54) is 7.11 Å². The lowest BCUT2D eigenvalue weighted by molar-refractivity contribution is -0.145. The number of morpholine rings is 1. The van der Waals surface area contributed by atoms with E-state index in [9.17, 15) is 9.59 Å². The van der Waals surface area contributed by atoms with E-state index in [1.54, 1.807) is 11.1 Å². The van der Waals surface area contributed by atoms with Crippen LogP contribution >= 0.6 is 0 Å². The first-order valence-corrected chi connectivity index (χ1v) is 7.36. The van der Waals surface area contributed by atoms with Gasteiger partial charge in [0.25, 0.3) is 0 Å². The molecule has 3 heterocycles. The Labute approximate surface area is 128 Å². The van der Waals surface area contributed by atoms with E-state index in [0.29, 0.717) is 25.4 Å². The zero-order valence-corrected chi connectivity index (χ0v) is 12.5. The van der Waals surface area contributed by atoms with Gasteiger partial charge in [-0.2, -0.15) is 0 Å². The number of hydrogen-bond acceptors (Lipinski definition) is 6. The van der Waals surface area contributed by atoms with E-state index in [0.717, 1.165) is 18.9 Å². The Morgan fingerprint density at radius 2 is 2.14 bits per heavy atom. The second-order valence-corrected chi connectivity index (χ2v) is 5.40. The van der Waals surface area contributed by atoms with Crippen molar-refractivity contribution in [2.45, 2.75) is 6.42 Å². The molecule has 3 rings (SSSR count). The molecule has 1 amide bonds. The second kappa shape index (κ2) is 6.31. The Morgan fingerprint density at radius 3 is 2.77 bits per heavy atom. The van der Waals surface area contributed by atoms with Gasteiger partial charge >= 0.3 is 5.97 Å². The van der Waals surface area contributed by atoms with Crippen molar-refractivity contribution in [3.63, 3.8) is 0 Å². The molecule has 7 nitrogen and oxygen atoms in total. The molecule has 1 aromatic rings. The maximum atomic E-state index is 12.1. The lowest BCUT2D eigenvalue weighted by Crippen LogP contribution is -2.36. The third-order valence-electron chi connectivity index (χ3n) is 4.04. The smallest absolute Gasteiger partial charge is 0.311 e. The van der Waals surface area contributed by atoms with E-state index in [4.69, 9.17) is 9.47 Å². The largest absolute Gasteiger partial charge is 0.469 e. The Kier molecular flexibility index (Phi) is 4.24. The predicted molar refractivity (Wildman–Crippen MR) is 79.7 cm³/mol. The summed E-state index contributed by atoms with van der Waals surface area (Å²) in [5.74, 6) is 0.0738. The number of aromatic nitrogens is 1. The first-order chi connectivity index (χ1) is 10.7. The van der Waals surface area contributed by atoms with Gasteiger partial charge in [0, 0.05) is 26.1 Å². The van der Waals surface area contributed by atoms with Crippen LogP contribution < -0.4 is 9.80 Å². The first kappa shape index (κ1) is 14.8. The molecule has 1 atom stereocenters. The predicted octanol–water partition coefficient (Wildman–Crippen LogP) is 0.444. The van der Waals surface area contributed by atoms with Crippen LogP contribution in [0.2, 0.25) is 0 Å². The summed E-state index contributed by atoms with van der Waals surface area (Å²) in [5.41, 5.74) is 0.716. The fourth-order valence-corrected chi connectivity index (χ4v) is 2.80. The summed E-state index contributed by atoms with van der Waals surface area (Å²) in [6.07, 6.45) is 1.88. The van der Waals surface area contributed by atoms with Crippen molar-refractivity contribution in [1.29, 1.82) is 0 Å². The third-order valence-corrected chi connectivity index (χ3v) is 4.04. The number of anilines is 2. The van der Waals surface area contributed by atoms with Crippen LogP contribution in [0.1, 0.15) is 6.42 Å². The maximum Gasteiger partial charge on any atom is 0.311 e. The third kappa shape index (κ3) is 2.89. The van der Waals surface area contributed by atoms with Gasteiger partial charge in [0.05, 0.1) is 38.1 Å². The van der Waals surface area contributed by atoms with E-state index >= 15 is 0 Å². The van der Waals surface area contributed by atoms with Crippen molar-refractivity contribution in [1.82, 2.24) is 4.98 Å². The van der Waals surface area contributed by atoms with E-state index in [1.807, 2.05) is 12.1 Å². The van der Waals surface area contributed by atoms with Crippen molar-refractivity contribution in [2.75, 3.05) is 49.8 Å². The van der Waals surface area contributed by atoms with Crippen LogP contribution in [-0.4, -0.2) is 56.8 Å². The molecule has 2 saturated heterocycles. The number of amides is 1. The normalized spacial score (nSPS) is 22.0. The van der Waals surface area contributed by atoms with Crippen molar-refractivity contribution in [2.24, 2.45) is 5.92 Å². The fourth-order valence-electron chi connectivity index (χ4n) is 2.80. The SMILES string of the molecule is COC(=O)C1CC(=O)N(c2ccc(N3CCOCC3)nc2)C1. The Hall–Kier alpha value is -2.15. The van der Waals surface area contributed by atoms with Gasteiger partial charge in [0.2, 0.25) is 5.91 Å². The monoisotopic (exact) mass is 305 g/mol. The highest BCUT2D eigenvalue weighted by molar-refractivity contribution is 5.99. The van der Waals surface area contributed by atoms with Crippen LogP contribution in [0.3, 0.4) is 0 Å². The lowest BCUT2D eigenvalue weighted by Gasteiger charge is -2.28. The van der Waals surface area contributed by atoms with Gasteiger partial charge in [0.1, 0.15) is 5.82 Å². The minimum Gasteiger partial charge on any atom is -0.469 e. The van der Waals surface area contributed by atoms with Crippen LogP contribution in [-0.2, 0) is 19.1 Å². The highest BCUT2D eigenvalue weighted by Gasteiger charge is 2.35. The number of nitrogens with zero attached hydrogens (tertiary/aromatic N) is 3. The molecule has 22 heavy (non-hydrogen) atoms. The molecule has 0 radical (unpaired) electrons. The standard InChI is InChI=1S/C15H19N3O4/c1-21-15(20)11-8-14(19)18(10-11)12-2-3-13(16-9-12)17-4-6-22-7-5-17/h2-3,9,11H,4-8,10H2,1H3. The highest BCUT2D eigenvalue weighted by atomic mass is 16.5. The van der Waals surface area contributed by atoms with E-state index in [2.05, 4.69) is 9.88 Å². The molecule has 2 aliphatic heterocycles. The molecule has 0 spiro atoms. The number of rotatable bonds is 3. The van der Waals surface area contributed by atoms with Crippen LogP contribution in [0.15, 0.2) is 18.3 Å². The first-order valence-electron chi connectivity index (χ1n) is 7.36. The quantitative estimate of drug-likeness (QED) is 0.755. The van der Waals surface area contributed by atoms with Crippen LogP contribution in [0.25, 0.3) is 0 Å². The molecule has 1 unspecified atom stereocenters. The second-order valence-electron chi connectivity index (χ2n) is 5.40. The molecule has 0 N–H and O–H groups in total. The maximum absolute atomic E-state index is 12.1. The van der Waals surface area contributed by atoms with Crippen LogP contribution in [0.5, 0.6) is 0 Å². The molecule has 2 aliphatic rings. The van der Waals surface area contributed by atoms with Crippen molar-refractivity contribution >= 4 is 23.4 Å². The van der Waals surface area contributed by atoms with Crippen molar-refractivity contribution < 1.29 is 19.1 Å². The summed E-state index contributed by atoms with van der Waals surface area (Å²) >= 11 is 0. The van der Waals surface area contributed by atoms with Gasteiger partial charge in [-0.15, -0.1) is 0 Å². The summed E-state index contributed by atoms with van der Waals surface area (Å²) in [6.45, 7) is 3.40. The summed E-state index contributed by atoms with van der Waals surface area (Å²) in [4.78, 5) is 31.8. The van der Waals surface area contributed by atoms with E-state index < -0.39 is 5.92 Å². The van der Waals surface area contributed by atoms with Crippen LogP contribution in [0.4, 0.5) is 11.5 Å². The molecular weight excluding hydrogens is 286 g/mol. The lowest BCUT2D eigenvalue weighted by atomic mass is 10.1. The number of hydrogen-bond donors (Lipinski definition) is 0. The number of carbonyl (C=O) groups is 2. The van der Waals surface area contributed by atoms with Gasteiger partial charge in [0.15, 0.2) is 0 Å². The zero-order valence-electron chi connectivity index (χ0n) is 12.5. The minimum absolute atomic E-state index is 0.0728. The Balaban J connectivity index is 1.70. The number of methoxy groups -OCH3 is 1. The highest BCUT2D eigenvalue weighted by Crippen LogP contribution is 2.26. The van der Waals surface area contributed by atoms with Gasteiger partial charge in [-0.1, -0.05) is 0 Å². The number of pyridine rings is 1. The molecule has 1 aromatic heterocycles. The van der Waals surface area contributed by atoms with Gasteiger partial charge in [-0.25, -0.2) is 4.98 Å². The Bertz CT molecular complexity index is 554. The molecule has 2 fully saturated rings. The van der Waals surface area contributed by atoms with E-state index in [-0.39, 0.29) is 18.3 Å². The number of esters is 1. The number of ether oxygens (including phenoxy) is 2. The molecule has 0 saturated carbocycles. The molecular formula is C15H19N3O4. The number of carbonyl (C=O) groups excluding carboxylic acids is 2. The zero-order chi connectivity index (χ0) is 15.5. The average molecular weight is 305 g/mol. The topological polar surface area (TPSA) is 72.0 Å². The fraction of sp³-hybridized carbons (Fsp3) is 0.533. The molecule has 0 bridgehead atoms. The summed E-state index contributed by atoms with van der Waals surface area (Å²) < 4.78 is 10.0. The molecule has 118 valence electrons. The van der Waals surface area contributed by atoms with Crippen LogP contribution in [0, 0.1) is 5.92 Å². The molecule has 0 aliphatic carbocycles. The molecule has 0 aromatic carbocycles. The molecule has 7 heteroatoms. The van der Waals surface area contributed by atoms with Gasteiger partial charge in [-0.3, -0.25) is 9.59 Å². The van der Waals surface area contributed by atoms with Gasteiger partial charge < -0.3 is 19.3 Å².